The number of ether oxygens (including phenoxy) is 2. The highest BCUT2D eigenvalue weighted by atomic mass is 35.5. The number of hydrogen-bond donors (Lipinski definition) is 2. The number of aryl methyl sites for hydroxylation is 1. The SMILES string of the molecule is Cc1cc(Cl)ccc1OC(C)C(=O)NCCOCCO. The molecule has 0 aliphatic carbocycles. The lowest BCUT2D eigenvalue weighted by molar-refractivity contribution is -0.127. The summed E-state index contributed by atoms with van der Waals surface area (Å²) in [5.41, 5.74) is 0.878. The highest BCUT2D eigenvalue weighted by molar-refractivity contribution is 6.30. The number of aliphatic hydroxyl groups is 1. The smallest absolute Gasteiger partial charge is 0.260 e. The van der Waals surface area contributed by atoms with Gasteiger partial charge in [0.25, 0.3) is 5.91 Å². The highest BCUT2D eigenvalue weighted by Crippen LogP contribution is 2.22. The van der Waals surface area contributed by atoms with Crippen LogP contribution in [0, 0.1) is 6.92 Å². The van der Waals surface area contributed by atoms with E-state index >= 15 is 0 Å². The summed E-state index contributed by atoms with van der Waals surface area (Å²) in [6.07, 6.45) is -0.604. The molecule has 1 unspecified atom stereocenters. The number of nitrogens with one attached hydrogen (secondary N) is 1. The average Bonchev–Trinajstić information content (AvgIpc) is 2.41. The van der Waals surface area contributed by atoms with E-state index in [1.165, 1.54) is 0 Å². The maximum absolute atomic E-state index is 11.8. The van der Waals surface area contributed by atoms with E-state index in [0.717, 1.165) is 5.56 Å². The lowest BCUT2D eigenvalue weighted by atomic mass is 10.2. The molecule has 0 saturated carbocycles. The van der Waals surface area contributed by atoms with Gasteiger partial charge in [-0.3, -0.25) is 4.79 Å². The topological polar surface area (TPSA) is 67.8 Å². The van der Waals surface area contributed by atoms with Crippen molar-refractivity contribution in [1.29, 1.82) is 0 Å². The minimum atomic E-state index is -0.604. The summed E-state index contributed by atoms with van der Waals surface area (Å²) >= 11 is 5.86. The summed E-state index contributed by atoms with van der Waals surface area (Å²) in [6, 6.07) is 5.24. The van der Waals surface area contributed by atoms with Gasteiger partial charge >= 0.3 is 0 Å². The molecule has 1 amide bonds. The van der Waals surface area contributed by atoms with Crippen LogP contribution in [0.3, 0.4) is 0 Å². The monoisotopic (exact) mass is 301 g/mol. The van der Waals surface area contributed by atoms with Crippen molar-refractivity contribution in [2.24, 2.45) is 0 Å². The zero-order valence-electron chi connectivity index (χ0n) is 11.7. The van der Waals surface area contributed by atoms with Gasteiger partial charge in [-0.15, -0.1) is 0 Å². The molecule has 6 heteroatoms. The molecule has 20 heavy (non-hydrogen) atoms. The molecule has 0 saturated heterocycles. The third-order valence-electron chi connectivity index (χ3n) is 2.59. The van der Waals surface area contributed by atoms with Crippen molar-refractivity contribution in [3.05, 3.63) is 28.8 Å². The van der Waals surface area contributed by atoms with Gasteiger partial charge in [-0.1, -0.05) is 11.6 Å². The molecule has 1 atom stereocenters. The van der Waals surface area contributed by atoms with Gasteiger partial charge in [-0.05, 0) is 37.6 Å². The lowest BCUT2D eigenvalue weighted by Gasteiger charge is -2.16. The first-order valence-electron chi connectivity index (χ1n) is 6.43. The summed E-state index contributed by atoms with van der Waals surface area (Å²) in [5.74, 6) is 0.417. The Morgan fingerprint density at radius 3 is 2.85 bits per heavy atom. The van der Waals surface area contributed by atoms with Gasteiger partial charge in [0.05, 0.1) is 19.8 Å². The van der Waals surface area contributed by atoms with Gasteiger partial charge in [0.2, 0.25) is 0 Å². The fraction of sp³-hybridized carbons (Fsp3) is 0.500. The number of carbonyl (C=O) groups is 1. The predicted octanol–water partition coefficient (Wildman–Crippen LogP) is 1.54. The van der Waals surface area contributed by atoms with Gasteiger partial charge in [-0.2, -0.15) is 0 Å². The first-order valence-corrected chi connectivity index (χ1v) is 6.81. The molecule has 0 radical (unpaired) electrons. The minimum absolute atomic E-state index is 0.0245. The van der Waals surface area contributed by atoms with Crippen molar-refractivity contribution in [2.45, 2.75) is 20.0 Å². The van der Waals surface area contributed by atoms with E-state index in [1.54, 1.807) is 25.1 Å². The fourth-order valence-corrected chi connectivity index (χ4v) is 1.77. The molecule has 0 spiro atoms. The summed E-state index contributed by atoms with van der Waals surface area (Å²) in [7, 11) is 0. The van der Waals surface area contributed by atoms with Gasteiger partial charge in [0.1, 0.15) is 5.75 Å². The predicted molar refractivity (Wildman–Crippen MR) is 77.2 cm³/mol. The Kier molecular flexibility index (Phi) is 7.36. The molecular weight excluding hydrogens is 282 g/mol. The maximum Gasteiger partial charge on any atom is 0.260 e. The van der Waals surface area contributed by atoms with E-state index in [2.05, 4.69) is 5.32 Å². The Hall–Kier alpha value is -1.30. The van der Waals surface area contributed by atoms with Crippen molar-refractivity contribution in [2.75, 3.05) is 26.4 Å². The van der Waals surface area contributed by atoms with Crippen LogP contribution in [0.5, 0.6) is 5.75 Å². The molecule has 0 aliphatic heterocycles. The molecule has 1 rings (SSSR count). The molecule has 112 valence electrons. The van der Waals surface area contributed by atoms with Crippen molar-refractivity contribution >= 4 is 17.5 Å². The van der Waals surface area contributed by atoms with E-state index in [4.69, 9.17) is 26.2 Å². The van der Waals surface area contributed by atoms with Crippen LogP contribution in [0.4, 0.5) is 0 Å². The molecule has 5 nitrogen and oxygen atoms in total. The third kappa shape index (κ3) is 5.77. The largest absolute Gasteiger partial charge is 0.481 e. The van der Waals surface area contributed by atoms with Crippen LogP contribution >= 0.6 is 11.6 Å². The first kappa shape index (κ1) is 16.8. The van der Waals surface area contributed by atoms with Crippen LogP contribution in [-0.4, -0.2) is 43.5 Å². The van der Waals surface area contributed by atoms with E-state index in [1.807, 2.05) is 6.92 Å². The van der Waals surface area contributed by atoms with Crippen LogP contribution < -0.4 is 10.1 Å². The van der Waals surface area contributed by atoms with Gasteiger partial charge < -0.3 is 19.9 Å². The quantitative estimate of drug-likeness (QED) is 0.715. The van der Waals surface area contributed by atoms with Crippen LogP contribution in [0.25, 0.3) is 0 Å². The summed E-state index contributed by atoms with van der Waals surface area (Å²) < 4.78 is 10.6. The number of carbonyl (C=O) groups excluding carboxylic acids is 1. The lowest BCUT2D eigenvalue weighted by Crippen LogP contribution is -2.38. The van der Waals surface area contributed by atoms with Crippen LogP contribution in [0.15, 0.2) is 18.2 Å². The number of hydrogen-bond acceptors (Lipinski definition) is 4. The Morgan fingerprint density at radius 2 is 2.20 bits per heavy atom. The molecule has 0 bridgehead atoms. The number of benzene rings is 1. The molecule has 0 fully saturated rings. The van der Waals surface area contributed by atoms with Crippen LogP contribution in [0.1, 0.15) is 12.5 Å². The molecule has 0 heterocycles. The third-order valence-corrected chi connectivity index (χ3v) is 2.83. The molecular formula is C14H20ClNO4. The first-order chi connectivity index (χ1) is 9.54. The van der Waals surface area contributed by atoms with Gasteiger partial charge in [0.15, 0.2) is 6.10 Å². The summed E-state index contributed by atoms with van der Waals surface area (Å²) in [5, 5.41) is 11.9. The number of amides is 1. The number of rotatable bonds is 8. The van der Waals surface area contributed by atoms with Gasteiger partial charge in [-0.25, -0.2) is 0 Å². The normalized spacial score (nSPS) is 12.0. The van der Waals surface area contributed by atoms with E-state index in [0.29, 0.717) is 23.9 Å². The Morgan fingerprint density at radius 1 is 1.45 bits per heavy atom. The van der Waals surface area contributed by atoms with Crippen molar-refractivity contribution in [3.8, 4) is 5.75 Å². The second kappa shape index (κ2) is 8.79. The van der Waals surface area contributed by atoms with Crippen molar-refractivity contribution in [1.82, 2.24) is 5.32 Å². The summed E-state index contributed by atoms with van der Waals surface area (Å²) in [4.78, 5) is 11.8. The average molecular weight is 302 g/mol. The van der Waals surface area contributed by atoms with Crippen molar-refractivity contribution in [3.63, 3.8) is 0 Å². The van der Waals surface area contributed by atoms with Crippen LogP contribution in [-0.2, 0) is 9.53 Å². The van der Waals surface area contributed by atoms with Gasteiger partial charge in [0, 0.05) is 11.6 Å². The highest BCUT2D eigenvalue weighted by Gasteiger charge is 2.15. The van der Waals surface area contributed by atoms with E-state index in [-0.39, 0.29) is 19.1 Å². The standard InChI is InChI=1S/C14H20ClNO4/c1-10-9-12(15)3-4-13(10)20-11(2)14(18)16-5-7-19-8-6-17/h3-4,9,11,17H,5-8H2,1-2H3,(H,16,18). The van der Waals surface area contributed by atoms with E-state index in [9.17, 15) is 4.79 Å². The molecule has 2 N–H and O–H groups in total. The molecule has 0 aliphatic rings. The molecule has 1 aromatic rings. The number of aliphatic hydroxyl groups excluding tert-OH is 1. The molecule has 1 aromatic carbocycles. The maximum atomic E-state index is 11.8. The summed E-state index contributed by atoms with van der Waals surface area (Å²) in [6.45, 7) is 4.53. The Labute approximate surface area is 123 Å². The zero-order valence-corrected chi connectivity index (χ0v) is 12.4. The molecule has 0 aromatic heterocycles. The Bertz CT molecular complexity index is 439. The van der Waals surface area contributed by atoms with Crippen LogP contribution in [0.2, 0.25) is 5.02 Å². The second-order valence-electron chi connectivity index (χ2n) is 4.30. The zero-order chi connectivity index (χ0) is 15.0. The Balaban J connectivity index is 2.37. The number of halogens is 1. The van der Waals surface area contributed by atoms with Crippen molar-refractivity contribution < 1.29 is 19.4 Å². The minimum Gasteiger partial charge on any atom is -0.481 e. The van der Waals surface area contributed by atoms with E-state index < -0.39 is 6.10 Å². The second-order valence-corrected chi connectivity index (χ2v) is 4.73. The fourth-order valence-electron chi connectivity index (χ4n) is 1.55.